The Labute approximate surface area is 128 Å². The van der Waals surface area contributed by atoms with Crippen LogP contribution in [0.5, 0.6) is 0 Å². The van der Waals surface area contributed by atoms with E-state index in [1.165, 1.54) is 0 Å². The molecule has 0 aliphatic carbocycles. The van der Waals surface area contributed by atoms with Crippen LogP contribution in [0.4, 0.5) is 5.69 Å². The van der Waals surface area contributed by atoms with Gasteiger partial charge < -0.3 is 4.90 Å². The molecule has 0 bridgehead atoms. The van der Waals surface area contributed by atoms with Crippen LogP contribution in [0.3, 0.4) is 0 Å². The molecule has 4 heteroatoms. The third-order valence-electron chi connectivity index (χ3n) is 3.89. The van der Waals surface area contributed by atoms with Crippen molar-refractivity contribution < 1.29 is 9.59 Å². The van der Waals surface area contributed by atoms with Gasteiger partial charge in [-0.2, -0.15) is 0 Å². The van der Waals surface area contributed by atoms with Crippen LogP contribution in [0.2, 0.25) is 5.02 Å². The van der Waals surface area contributed by atoms with Gasteiger partial charge in [-0.15, -0.1) is 0 Å². The first-order valence-corrected chi connectivity index (χ1v) is 7.07. The number of halogens is 1. The molecule has 2 aromatic rings. The van der Waals surface area contributed by atoms with E-state index in [9.17, 15) is 9.59 Å². The zero-order valence-electron chi connectivity index (χ0n) is 11.8. The summed E-state index contributed by atoms with van der Waals surface area (Å²) >= 11 is 5.98. The lowest BCUT2D eigenvalue weighted by molar-refractivity contribution is -0.114. The average molecular weight is 300 g/mol. The Hall–Kier alpha value is -2.13. The Bertz CT molecular complexity index is 767. The predicted octanol–water partition coefficient (Wildman–Crippen LogP) is 3.69. The van der Waals surface area contributed by atoms with Gasteiger partial charge >= 0.3 is 0 Å². The molecular weight excluding hydrogens is 286 g/mol. The van der Waals surface area contributed by atoms with Crippen LogP contribution < -0.4 is 4.90 Å². The Morgan fingerprint density at radius 2 is 1.86 bits per heavy atom. The normalized spacial score (nSPS) is 13.8. The van der Waals surface area contributed by atoms with Crippen molar-refractivity contribution in [2.75, 3.05) is 4.90 Å². The van der Waals surface area contributed by atoms with Gasteiger partial charge in [0.05, 0.1) is 17.8 Å². The Morgan fingerprint density at radius 1 is 1.10 bits per heavy atom. The summed E-state index contributed by atoms with van der Waals surface area (Å²) in [5.41, 5.74) is 4.15. The third-order valence-corrected chi connectivity index (χ3v) is 4.12. The highest BCUT2D eigenvalue weighted by Gasteiger charge is 2.37. The molecule has 0 unspecified atom stereocenters. The number of rotatable bonds is 2. The van der Waals surface area contributed by atoms with Crippen LogP contribution in [0, 0.1) is 13.8 Å². The fourth-order valence-electron chi connectivity index (χ4n) is 2.64. The molecular formula is C17H14ClNO2. The number of fused-ring (bicyclic) bond motifs is 1. The van der Waals surface area contributed by atoms with Crippen molar-refractivity contribution in [1.82, 2.24) is 0 Å². The monoisotopic (exact) mass is 299 g/mol. The summed E-state index contributed by atoms with van der Waals surface area (Å²) in [4.78, 5) is 25.9. The summed E-state index contributed by atoms with van der Waals surface area (Å²) in [5.74, 6) is -0.909. The lowest BCUT2D eigenvalue weighted by Gasteiger charge is -2.19. The number of ketones is 1. The van der Waals surface area contributed by atoms with Gasteiger partial charge in [0.15, 0.2) is 0 Å². The molecule has 0 N–H and O–H groups in total. The van der Waals surface area contributed by atoms with Gasteiger partial charge in [0, 0.05) is 5.02 Å². The Morgan fingerprint density at radius 3 is 2.57 bits per heavy atom. The van der Waals surface area contributed by atoms with E-state index in [4.69, 9.17) is 11.6 Å². The molecule has 0 saturated heterocycles. The van der Waals surface area contributed by atoms with E-state index in [2.05, 4.69) is 0 Å². The highest BCUT2D eigenvalue weighted by Crippen LogP contribution is 2.35. The smallest absolute Gasteiger partial charge is 0.299 e. The number of nitrogens with zero attached hydrogens (tertiary/aromatic N) is 1. The van der Waals surface area contributed by atoms with Crippen molar-refractivity contribution in [1.29, 1.82) is 0 Å². The number of hydrogen-bond donors (Lipinski definition) is 0. The third kappa shape index (κ3) is 2.24. The van der Waals surface area contributed by atoms with Crippen molar-refractivity contribution in [3.05, 3.63) is 63.7 Å². The Balaban J connectivity index is 2.07. The van der Waals surface area contributed by atoms with Crippen LogP contribution in [0.15, 0.2) is 36.4 Å². The number of aryl methyl sites for hydroxylation is 1. The van der Waals surface area contributed by atoms with E-state index in [1.54, 1.807) is 17.0 Å². The zero-order chi connectivity index (χ0) is 15.1. The summed E-state index contributed by atoms with van der Waals surface area (Å²) in [5, 5.41) is 0.617. The maximum atomic E-state index is 12.3. The zero-order valence-corrected chi connectivity index (χ0v) is 12.6. The number of Topliss-reactive ketones (excluding diaryl/α,β-unsaturated/α-hetero) is 1. The van der Waals surface area contributed by atoms with Gasteiger partial charge in [0.25, 0.3) is 11.7 Å². The second-order valence-corrected chi connectivity index (χ2v) is 5.69. The summed E-state index contributed by atoms with van der Waals surface area (Å²) in [7, 11) is 0. The van der Waals surface area contributed by atoms with E-state index in [-0.39, 0.29) is 0 Å². The molecule has 0 spiro atoms. The fraction of sp³-hybridized carbons (Fsp3) is 0.176. The second kappa shape index (κ2) is 5.01. The van der Waals surface area contributed by atoms with Gasteiger partial charge in [0.1, 0.15) is 0 Å². The molecule has 1 heterocycles. The maximum absolute atomic E-state index is 12.3. The average Bonchev–Trinajstić information content (AvgIpc) is 2.69. The lowest BCUT2D eigenvalue weighted by Crippen LogP contribution is -2.29. The quantitative estimate of drug-likeness (QED) is 0.793. The van der Waals surface area contributed by atoms with Crippen molar-refractivity contribution in [3.8, 4) is 0 Å². The fourth-order valence-corrected chi connectivity index (χ4v) is 2.85. The molecule has 0 fully saturated rings. The number of benzene rings is 2. The lowest BCUT2D eigenvalue weighted by atomic mass is 10.0. The van der Waals surface area contributed by atoms with Crippen LogP contribution >= 0.6 is 11.6 Å². The minimum Gasteiger partial charge on any atom is -0.300 e. The SMILES string of the molecule is Cc1ccc2c(c1C)N(Cc1cccc(Cl)c1)C(=O)C2=O. The van der Waals surface area contributed by atoms with Gasteiger partial charge in [-0.3, -0.25) is 9.59 Å². The molecule has 0 atom stereocenters. The molecule has 3 nitrogen and oxygen atoms in total. The molecule has 1 aliphatic heterocycles. The van der Waals surface area contributed by atoms with Gasteiger partial charge in [-0.05, 0) is 48.7 Å². The summed E-state index contributed by atoms with van der Waals surface area (Å²) in [6, 6.07) is 10.9. The standard InChI is InChI=1S/C17H14ClNO2/c1-10-6-7-14-15(11(10)2)19(17(21)16(14)20)9-12-4-3-5-13(18)8-12/h3-8H,9H2,1-2H3. The molecule has 1 aliphatic rings. The number of carbonyl (C=O) groups excluding carboxylic acids is 2. The van der Waals surface area contributed by atoms with Crippen molar-refractivity contribution in [2.24, 2.45) is 0 Å². The van der Waals surface area contributed by atoms with Crippen LogP contribution in [-0.2, 0) is 11.3 Å². The first-order valence-electron chi connectivity index (χ1n) is 6.70. The highest BCUT2D eigenvalue weighted by atomic mass is 35.5. The number of amides is 1. The van der Waals surface area contributed by atoms with Crippen molar-refractivity contribution in [3.63, 3.8) is 0 Å². The molecule has 2 aromatic carbocycles. The minimum absolute atomic E-state index is 0.350. The van der Waals surface area contributed by atoms with E-state index in [0.29, 0.717) is 17.1 Å². The Kier molecular flexibility index (Phi) is 3.30. The summed E-state index contributed by atoms with van der Waals surface area (Å²) in [6.45, 7) is 4.26. The topological polar surface area (TPSA) is 37.4 Å². The largest absolute Gasteiger partial charge is 0.300 e. The molecule has 3 rings (SSSR count). The van der Waals surface area contributed by atoms with Crippen LogP contribution in [0.25, 0.3) is 0 Å². The van der Waals surface area contributed by atoms with Gasteiger partial charge in [-0.25, -0.2) is 0 Å². The van der Waals surface area contributed by atoms with E-state index < -0.39 is 11.7 Å². The summed E-state index contributed by atoms with van der Waals surface area (Å²) in [6.07, 6.45) is 0. The molecule has 0 radical (unpaired) electrons. The predicted molar refractivity (Wildman–Crippen MR) is 82.9 cm³/mol. The highest BCUT2D eigenvalue weighted by molar-refractivity contribution is 6.52. The van der Waals surface area contributed by atoms with E-state index in [1.807, 2.05) is 38.1 Å². The molecule has 106 valence electrons. The van der Waals surface area contributed by atoms with Crippen LogP contribution in [0.1, 0.15) is 27.0 Å². The van der Waals surface area contributed by atoms with Crippen LogP contribution in [-0.4, -0.2) is 11.7 Å². The minimum atomic E-state index is -0.473. The molecule has 0 aromatic heterocycles. The van der Waals surface area contributed by atoms with Gasteiger partial charge in [-0.1, -0.05) is 29.8 Å². The number of carbonyl (C=O) groups is 2. The maximum Gasteiger partial charge on any atom is 0.299 e. The molecule has 0 saturated carbocycles. The first kappa shape index (κ1) is 13.8. The first-order chi connectivity index (χ1) is 9.99. The number of hydrogen-bond acceptors (Lipinski definition) is 2. The van der Waals surface area contributed by atoms with Crippen molar-refractivity contribution in [2.45, 2.75) is 20.4 Å². The molecule has 21 heavy (non-hydrogen) atoms. The second-order valence-electron chi connectivity index (χ2n) is 5.25. The number of anilines is 1. The molecule has 1 amide bonds. The van der Waals surface area contributed by atoms with E-state index >= 15 is 0 Å². The van der Waals surface area contributed by atoms with E-state index in [0.717, 1.165) is 22.4 Å². The summed E-state index contributed by atoms with van der Waals surface area (Å²) < 4.78 is 0. The van der Waals surface area contributed by atoms with Crippen molar-refractivity contribution >= 4 is 29.0 Å². The van der Waals surface area contributed by atoms with Gasteiger partial charge in [0.2, 0.25) is 0 Å².